The van der Waals surface area contributed by atoms with E-state index in [2.05, 4.69) is 5.10 Å². The number of amides is 1. The minimum absolute atomic E-state index is 0.121. The Kier molecular flexibility index (Phi) is 4.46. The molecule has 1 aliphatic heterocycles. The van der Waals surface area contributed by atoms with Gasteiger partial charge < -0.3 is 14.4 Å². The summed E-state index contributed by atoms with van der Waals surface area (Å²) in [5.74, 6) is 1.63. The molecule has 3 rings (SSSR count). The lowest BCUT2D eigenvalue weighted by molar-refractivity contribution is -0.130. The summed E-state index contributed by atoms with van der Waals surface area (Å²) in [6, 6.07) is 5.78. The van der Waals surface area contributed by atoms with Crippen molar-refractivity contribution in [3.05, 3.63) is 40.7 Å². The Bertz CT molecular complexity index is 767. The van der Waals surface area contributed by atoms with Gasteiger partial charge in [0.25, 0.3) is 0 Å². The van der Waals surface area contributed by atoms with Crippen LogP contribution in [0.5, 0.6) is 11.5 Å². The first-order chi connectivity index (χ1) is 11.5. The number of rotatable bonds is 5. The highest BCUT2D eigenvalue weighted by Crippen LogP contribution is 2.32. The van der Waals surface area contributed by atoms with Crippen molar-refractivity contribution in [3.8, 4) is 11.5 Å². The van der Waals surface area contributed by atoms with Crippen molar-refractivity contribution in [2.45, 2.75) is 33.2 Å². The van der Waals surface area contributed by atoms with E-state index in [1.165, 1.54) is 5.56 Å². The second-order valence-corrected chi connectivity index (χ2v) is 6.21. The van der Waals surface area contributed by atoms with E-state index in [-0.39, 0.29) is 12.7 Å². The fourth-order valence-electron chi connectivity index (χ4n) is 3.00. The molecule has 2 heterocycles. The van der Waals surface area contributed by atoms with E-state index in [4.69, 9.17) is 9.47 Å². The van der Waals surface area contributed by atoms with Gasteiger partial charge in [-0.25, -0.2) is 0 Å². The molecule has 6 nitrogen and oxygen atoms in total. The van der Waals surface area contributed by atoms with Crippen molar-refractivity contribution in [1.82, 2.24) is 14.7 Å². The maximum atomic E-state index is 12.4. The van der Waals surface area contributed by atoms with Crippen LogP contribution in [0.1, 0.15) is 28.9 Å². The van der Waals surface area contributed by atoms with E-state index in [1.54, 1.807) is 4.90 Å². The van der Waals surface area contributed by atoms with E-state index in [1.807, 2.05) is 50.8 Å². The Morgan fingerprint density at radius 2 is 2.04 bits per heavy atom. The lowest BCUT2D eigenvalue weighted by Crippen LogP contribution is -2.26. The van der Waals surface area contributed by atoms with Gasteiger partial charge in [0.1, 0.15) is 0 Å². The number of benzene rings is 1. The quantitative estimate of drug-likeness (QED) is 0.845. The number of ether oxygens (including phenoxy) is 2. The van der Waals surface area contributed by atoms with Gasteiger partial charge in [0, 0.05) is 32.8 Å². The van der Waals surface area contributed by atoms with Gasteiger partial charge in [0.2, 0.25) is 12.7 Å². The van der Waals surface area contributed by atoms with Crippen LogP contribution in [-0.2, 0) is 24.8 Å². The lowest BCUT2D eigenvalue weighted by atomic mass is 10.1. The van der Waals surface area contributed by atoms with Crippen LogP contribution in [0.3, 0.4) is 0 Å². The molecule has 1 aromatic carbocycles. The normalized spacial score (nSPS) is 12.5. The maximum Gasteiger partial charge on any atom is 0.231 e. The minimum atomic E-state index is 0.121. The van der Waals surface area contributed by atoms with E-state index in [0.717, 1.165) is 34.9 Å². The third-order valence-electron chi connectivity index (χ3n) is 4.53. The molecule has 0 saturated carbocycles. The molecular weight excluding hydrogens is 306 g/mol. The smallest absolute Gasteiger partial charge is 0.231 e. The average Bonchev–Trinajstić information content (AvgIpc) is 3.10. The molecule has 0 bridgehead atoms. The fourth-order valence-corrected chi connectivity index (χ4v) is 3.00. The second kappa shape index (κ2) is 6.55. The zero-order valence-corrected chi connectivity index (χ0v) is 14.6. The van der Waals surface area contributed by atoms with Crippen LogP contribution in [0.25, 0.3) is 0 Å². The Morgan fingerprint density at radius 3 is 2.75 bits per heavy atom. The van der Waals surface area contributed by atoms with Gasteiger partial charge in [0.05, 0.1) is 5.69 Å². The van der Waals surface area contributed by atoms with Crippen LogP contribution in [-0.4, -0.2) is 34.4 Å². The predicted molar refractivity (Wildman–Crippen MR) is 90.0 cm³/mol. The van der Waals surface area contributed by atoms with Gasteiger partial charge in [-0.1, -0.05) is 6.07 Å². The average molecular weight is 329 g/mol. The SMILES string of the molecule is Cc1nn(C)c(C)c1CCC(=O)N(C)Cc1ccc2c(c1)OCO2. The number of carbonyl (C=O) groups excluding carboxylic acids is 1. The standard InChI is InChI=1S/C18H23N3O3/c1-12-15(13(2)21(4)19-12)6-8-18(22)20(3)10-14-5-7-16-17(9-14)24-11-23-16/h5,7,9H,6,8,10-11H2,1-4H3. The van der Waals surface area contributed by atoms with Crippen LogP contribution < -0.4 is 9.47 Å². The van der Waals surface area contributed by atoms with Gasteiger partial charge in [-0.15, -0.1) is 0 Å². The Morgan fingerprint density at radius 1 is 1.29 bits per heavy atom. The summed E-state index contributed by atoms with van der Waals surface area (Å²) >= 11 is 0. The topological polar surface area (TPSA) is 56.6 Å². The van der Waals surface area contributed by atoms with Gasteiger partial charge in [-0.2, -0.15) is 5.10 Å². The number of nitrogens with zero attached hydrogens (tertiary/aromatic N) is 3. The summed E-state index contributed by atoms with van der Waals surface area (Å²) in [6.07, 6.45) is 1.20. The van der Waals surface area contributed by atoms with Crippen molar-refractivity contribution < 1.29 is 14.3 Å². The van der Waals surface area contributed by atoms with Crippen molar-refractivity contribution in [1.29, 1.82) is 0 Å². The summed E-state index contributed by atoms with van der Waals surface area (Å²) < 4.78 is 12.6. The molecule has 24 heavy (non-hydrogen) atoms. The number of aromatic nitrogens is 2. The van der Waals surface area contributed by atoms with Crippen molar-refractivity contribution in [2.75, 3.05) is 13.8 Å². The van der Waals surface area contributed by atoms with Crippen molar-refractivity contribution >= 4 is 5.91 Å². The minimum Gasteiger partial charge on any atom is -0.454 e. The molecule has 128 valence electrons. The molecule has 0 radical (unpaired) electrons. The van der Waals surface area contributed by atoms with Gasteiger partial charge in [0.15, 0.2) is 11.5 Å². The number of aryl methyl sites for hydroxylation is 2. The molecular formula is C18H23N3O3. The highest BCUT2D eigenvalue weighted by atomic mass is 16.7. The molecule has 1 aliphatic rings. The first kappa shape index (κ1) is 16.4. The van der Waals surface area contributed by atoms with Crippen LogP contribution in [0.4, 0.5) is 0 Å². The highest BCUT2D eigenvalue weighted by Gasteiger charge is 2.16. The van der Waals surface area contributed by atoms with Crippen LogP contribution in [0.15, 0.2) is 18.2 Å². The first-order valence-electron chi connectivity index (χ1n) is 8.07. The fraction of sp³-hybridized carbons (Fsp3) is 0.444. The third-order valence-corrected chi connectivity index (χ3v) is 4.53. The molecule has 0 spiro atoms. The highest BCUT2D eigenvalue weighted by molar-refractivity contribution is 5.76. The zero-order chi connectivity index (χ0) is 17.3. The van der Waals surface area contributed by atoms with E-state index >= 15 is 0 Å². The molecule has 0 N–H and O–H groups in total. The van der Waals surface area contributed by atoms with Crippen LogP contribution in [0.2, 0.25) is 0 Å². The van der Waals surface area contributed by atoms with E-state index in [9.17, 15) is 4.79 Å². The van der Waals surface area contributed by atoms with Crippen LogP contribution >= 0.6 is 0 Å². The Hall–Kier alpha value is -2.50. The molecule has 1 amide bonds. The summed E-state index contributed by atoms with van der Waals surface area (Å²) in [4.78, 5) is 14.2. The summed E-state index contributed by atoms with van der Waals surface area (Å²) in [5.41, 5.74) is 4.33. The molecule has 0 saturated heterocycles. The number of hydrogen-bond acceptors (Lipinski definition) is 4. The zero-order valence-electron chi connectivity index (χ0n) is 14.6. The molecule has 0 fully saturated rings. The Labute approximate surface area is 142 Å². The van der Waals surface area contributed by atoms with Gasteiger partial charge >= 0.3 is 0 Å². The van der Waals surface area contributed by atoms with E-state index in [0.29, 0.717) is 13.0 Å². The molecule has 1 aromatic heterocycles. The molecule has 6 heteroatoms. The number of fused-ring (bicyclic) bond motifs is 1. The second-order valence-electron chi connectivity index (χ2n) is 6.21. The maximum absolute atomic E-state index is 12.4. The molecule has 2 aromatic rings. The van der Waals surface area contributed by atoms with Crippen LogP contribution in [0, 0.1) is 13.8 Å². The summed E-state index contributed by atoms with van der Waals surface area (Å²) in [5, 5.41) is 4.40. The summed E-state index contributed by atoms with van der Waals surface area (Å²) in [7, 11) is 3.76. The van der Waals surface area contributed by atoms with Gasteiger partial charge in [-0.05, 0) is 43.5 Å². The first-order valence-corrected chi connectivity index (χ1v) is 8.07. The van der Waals surface area contributed by atoms with Crippen molar-refractivity contribution in [2.24, 2.45) is 7.05 Å². The van der Waals surface area contributed by atoms with E-state index < -0.39 is 0 Å². The third kappa shape index (κ3) is 3.22. The monoisotopic (exact) mass is 329 g/mol. The van der Waals surface area contributed by atoms with Crippen molar-refractivity contribution in [3.63, 3.8) is 0 Å². The molecule has 0 atom stereocenters. The lowest BCUT2D eigenvalue weighted by Gasteiger charge is -2.17. The largest absolute Gasteiger partial charge is 0.454 e. The number of hydrogen-bond donors (Lipinski definition) is 0. The predicted octanol–water partition coefficient (Wildman–Crippen LogP) is 2.36. The molecule has 0 aliphatic carbocycles. The Balaban J connectivity index is 1.59. The number of carbonyl (C=O) groups is 1. The summed E-state index contributed by atoms with van der Waals surface area (Å²) in [6.45, 7) is 4.84. The molecule has 0 unspecified atom stereocenters. The van der Waals surface area contributed by atoms with Gasteiger partial charge in [-0.3, -0.25) is 9.48 Å².